The van der Waals surface area contributed by atoms with Crippen LogP contribution in [0.2, 0.25) is 0 Å². The maximum atomic E-state index is 14.6. The second kappa shape index (κ2) is 10.6. The lowest BCUT2D eigenvalue weighted by molar-refractivity contribution is 0.153. The van der Waals surface area contributed by atoms with E-state index < -0.39 is 17.7 Å². The molecule has 0 fully saturated rings. The van der Waals surface area contributed by atoms with E-state index >= 15 is 0 Å². The van der Waals surface area contributed by atoms with Gasteiger partial charge in [0.25, 0.3) is 0 Å². The molecule has 0 saturated heterocycles. The van der Waals surface area contributed by atoms with Crippen LogP contribution < -0.4 is 11.1 Å². The van der Waals surface area contributed by atoms with Crippen LogP contribution in [0.4, 0.5) is 13.6 Å². The molecule has 5 nitrogen and oxygen atoms in total. The quantitative estimate of drug-likeness (QED) is 0.410. The van der Waals surface area contributed by atoms with Crippen molar-refractivity contribution in [3.8, 4) is 11.1 Å². The third-order valence-electron chi connectivity index (χ3n) is 5.44. The number of carbonyl (C=O) groups is 1. The first kappa shape index (κ1) is 24.5. The number of carbonyl (C=O) groups excluding carboxylic acids is 1. The molecule has 1 atom stereocenters. The number of ether oxygens (including phenoxy) is 1. The first-order chi connectivity index (χ1) is 15.6. The fraction of sp³-hybridized carbons (Fsp3) is 0.346. The third kappa shape index (κ3) is 6.65. The number of rotatable bonds is 9. The van der Waals surface area contributed by atoms with Crippen molar-refractivity contribution in [1.29, 1.82) is 0 Å². The molecule has 3 rings (SSSR count). The Kier molecular flexibility index (Phi) is 7.87. The van der Waals surface area contributed by atoms with E-state index in [0.29, 0.717) is 25.1 Å². The minimum atomic E-state index is -0.791. The smallest absolute Gasteiger partial charge is 0.404 e. The van der Waals surface area contributed by atoms with Gasteiger partial charge in [0.2, 0.25) is 0 Å². The fourth-order valence-corrected chi connectivity index (χ4v) is 3.90. The van der Waals surface area contributed by atoms with E-state index in [2.05, 4.69) is 30.7 Å². The van der Waals surface area contributed by atoms with Crippen molar-refractivity contribution in [1.82, 2.24) is 9.88 Å². The number of nitrogens with one attached hydrogen (secondary N) is 1. The molecule has 3 aromatic rings. The summed E-state index contributed by atoms with van der Waals surface area (Å²) in [4.78, 5) is 10.8. The Morgan fingerprint density at radius 2 is 1.85 bits per heavy atom. The molecular formula is C26H31F2N3O2. The monoisotopic (exact) mass is 455 g/mol. The van der Waals surface area contributed by atoms with Crippen LogP contribution in [0.15, 0.2) is 60.8 Å². The number of aromatic nitrogens is 1. The Morgan fingerprint density at radius 1 is 1.12 bits per heavy atom. The van der Waals surface area contributed by atoms with Crippen LogP contribution in [0.5, 0.6) is 0 Å². The molecule has 33 heavy (non-hydrogen) atoms. The first-order valence-corrected chi connectivity index (χ1v) is 11.0. The zero-order valence-electron chi connectivity index (χ0n) is 19.3. The van der Waals surface area contributed by atoms with Crippen molar-refractivity contribution < 1.29 is 18.3 Å². The minimum Gasteiger partial charge on any atom is -0.450 e. The number of primary amides is 1. The molecule has 3 N–H and O–H groups in total. The molecule has 2 aromatic carbocycles. The molecular weight excluding hydrogens is 424 g/mol. The van der Waals surface area contributed by atoms with Gasteiger partial charge in [-0.05, 0) is 48.2 Å². The molecule has 176 valence electrons. The lowest BCUT2D eigenvalue weighted by Gasteiger charge is -2.33. The fourth-order valence-electron chi connectivity index (χ4n) is 3.90. The Labute approximate surface area is 193 Å². The average Bonchev–Trinajstić information content (AvgIpc) is 3.14. The molecule has 0 saturated carbocycles. The van der Waals surface area contributed by atoms with Crippen LogP contribution in [0.25, 0.3) is 11.1 Å². The molecule has 0 spiro atoms. The topological polar surface area (TPSA) is 69.3 Å². The summed E-state index contributed by atoms with van der Waals surface area (Å²) >= 11 is 0. The summed E-state index contributed by atoms with van der Waals surface area (Å²) in [7, 11) is 0. The molecule has 1 heterocycles. The standard InChI is InChI=1S/C26H31F2N3O2/c1-26(2,3)24(30-12-7-13-33-25(29)32)23-14-19(21-15-20(27)10-11-22(21)28)17-31(23)16-18-8-5-4-6-9-18/h4-6,8-11,14-15,17,24,30H,7,12-13,16H2,1-3H3,(H2,29,32). The van der Waals surface area contributed by atoms with Gasteiger partial charge in [0.1, 0.15) is 11.6 Å². The minimum absolute atomic E-state index is 0.0971. The summed E-state index contributed by atoms with van der Waals surface area (Å²) in [5.41, 5.74) is 7.74. The molecule has 0 aliphatic carbocycles. The first-order valence-electron chi connectivity index (χ1n) is 11.0. The predicted octanol–water partition coefficient (Wildman–Crippen LogP) is 5.64. The number of benzene rings is 2. The highest BCUT2D eigenvalue weighted by molar-refractivity contribution is 5.65. The number of nitrogens with zero attached hydrogens (tertiary/aromatic N) is 1. The molecule has 0 aliphatic heterocycles. The Balaban J connectivity index is 1.97. The van der Waals surface area contributed by atoms with Gasteiger partial charge in [-0.25, -0.2) is 13.6 Å². The largest absolute Gasteiger partial charge is 0.450 e. The molecule has 1 aromatic heterocycles. The Morgan fingerprint density at radius 3 is 2.52 bits per heavy atom. The molecule has 0 radical (unpaired) electrons. The highest BCUT2D eigenvalue weighted by atomic mass is 19.1. The number of hydrogen-bond acceptors (Lipinski definition) is 3. The van der Waals surface area contributed by atoms with Crippen LogP contribution in [-0.4, -0.2) is 23.8 Å². The Hall–Kier alpha value is -3.19. The van der Waals surface area contributed by atoms with Gasteiger partial charge in [0.05, 0.1) is 12.6 Å². The Bertz CT molecular complexity index is 1070. The van der Waals surface area contributed by atoms with Gasteiger partial charge in [-0.15, -0.1) is 0 Å². The summed E-state index contributed by atoms with van der Waals surface area (Å²) < 4.78 is 35.4. The molecule has 7 heteroatoms. The molecule has 1 amide bonds. The molecule has 0 aliphatic rings. The van der Waals surface area contributed by atoms with Crippen molar-refractivity contribution in [2.24, 2.45) is 11.1 Å². The van der Waals surface area contributed by atoms with E-state index in [1.54, 1.807) is 0 Å². The van der Waals surface area contributed by atoms with Crippen LogP contribution in [0.3, 0.4) is 0 Å². The number of hydrogen-bond donors (Lipinski definition) is 2. The molecule has 1 unspecified atom stereocenters. The lowest BCUT2D eigenvalue weighted by atomic mass is 9.84. The SMILES string of the molecule is CC(C)(C)C(NCCCOC(N)=O)c1cc(-c2cc(F)ccc2F)cn1Cc1ccccc1. The van der Waals surface area contributed by atoms with Crippen LogP contribution in [0.1, 0.15) is 44.5 Å². The van der Waals surface area contributed by atoms with E-state index in [1.807, 2.05) is 42.6 Å². The maximum absolute atomic E-state index is 14.6. The second-order valence-corrected chi connectivity index (χ2v) is 9.17. The highest BCUT2D eigenvalue weighted by Gasteiger charge is 2.29. The van der Waals surface area contributed by atoms with E-state index in [4.69, 9.17) is 10.5 Å². The summed E-state index contributed by atoms with van der Waals surface area (Å²) in [5.74, 6) is -0.951. The van der Waals surface area contributed by atoms with Crippen LogP contribution in [-0.2, 0) is 11.3 Å². The van der Waals surface area contributed by atoms with Gasteiger partial charge in [-0.1, -0.05) is 51.1 Å². The van der Waals surface area contributed by atoms with Gasteiger partial charge in [0.15, 0.2) is 0 Å². The summed E-state index contributed by atoms with van der Waals surface area (Å²) in [6, 6.07) is 15.3. The van der Waals surface area contributed by atoms with Crippen LogP contribution >= 0.6 is 0 Å². The van der Waals surface area contributed by atoms with Crippen molar-refractivity contribution in [3.05, 3.63) is 83.7 Å². The third-order valence-corrected chi connectivity index (χ3v) is 5.44. The van der Waals surface area contributed by atoms with Gasteiger partial charge >= 0.3 is 6.09 Å². The van der Waals surface area contributed by atoms with Crippen molar-refractivity contribution >= 4 is 6.09 Å². The number of halogens is 2. The zero-order valence-corrected chi connectivity index (χ0v) is 19.3. The van der Waals surface area contributed by atoms with Gasteiger partial charge in [0, 0.05) is 29.6 Å². The highest BCUT2D eigenvalue weighted by Crippen LogP contribution is 2.37. The molecule has 0 bridgehead atoms. The maximum Gasteiger partial charge on any atom is 0.404 e. The van der Waals surface area contributed by atoms with E-state index in [0.717, 1.165) is 23.4 Å². The van der Waals surface area contributed by atoms with E-state index in [1.165, 1.54) is 6.07 Å². The number of amides is 1. The summed E-state index contributed by atoms with van der Waals surface area (Å²) in [6.07, 6.45) is 1.68. The van der Waals surface area contributed by atoms with Gasteiger partial charge in [-0.3, -0.25) is 0 Å². The second-order valence-electron chi connectivity index (χ2n) is 9.17. The summed E-state index contributed by atoms with van der Waals surface area (Å²) in [5, 5.41) is 3.55. The number of nitrogens with two attached hydrogens (primary N) is 1. The van der Waals surface area contributed by atoms with Crippen molar-refractivity contribution in [2.75, 3.05) is 13.2 Å². The summed E-state index contributed by atoms with van der Waals surface area (Å²) in [6.45, 7) is 7.76. The van der Waals surface area contributed by atoms with Crippen molar-refractivity contribution in [3.63, 3.8) is 0 Å². The van der Waals surface area contributed by atoms with Crippen molar-refractivity contribution in [2.45, 2.75) is 39.8 Å². The van der Waals surface area contributed by atoms with Crippen LogP contribution in [0, 0.1) is 17.0 Å². The normalized spacial score (nSPS) is 12.5. The van der Waals surface area contributed by atoms with Gasteiger partial charge in [-0.2, -0.15) is 0 Å². The zero-order chi connectivity index (χ0) is 24.0. The van der Waals surface area contributed by atoms with Gasteiger partial charge < -0.3 is 20.4 Å². The van der Waals surface area contributed by atoms with E-state index in [-0.39, 0.29) is 23.6 Å². The lowest BCUT2D eigenvalue weighted by Crippen LogP contribution is -2.35. The van der Waals surface area contributed by atoms with E-state index in [9.17, 15) is 13.6 Å². The predicted molar refractivity (Wildman–Crippen MR) is 126 cm³/mol. The average molecular weight is 456 g/mol.